The molecule has 1 aromatic rings. The monoisotopic (exact) mass is 257 g/mol. The molecule has 1 rings (SSSR count). The van der Waals surface area contributed by atoms with Crippen LogP contribution in [0.3, 0.4) is 0 Å². The number of carbonyl (C=O) groups excluding carboxylic acids is 1. The molecule has 1 heterocycles. The largest absolute Gasteiger partial charge is 0.394 e. The van der Waals surface area contributed by atoms with Crippen LogP contribution in [0.4, 0.5) is 0 Å². The number of aryl methyl sites for hydroxylation is 2. The summed E-state index contributed by atoms with van der Waals surface area (Å²) in [5, 5.41) is 11.3. The lowest BCUT2D eigenvalue weighted by Crippen LogP contribution is -2.26. The van der Waals surface area contributed by atoms with Gasteiger partial charge in [-0.25, -0.2) is 0 Å². The molecular weight excluding hydrogens is 238 g/mol. The molecule has 1 aromatic heterocycles. The summed E-state index contributed by atoms with van der Waals surface area (Å²) in [4.78, 5) is 13.8. The topological polar surface area (TPSA) is 58.6 Å². The summed E-state index contributed by atoms with van der Waals surface area (Å²) in [6, 6.07) is 1.92. The lowest BCUT2D eigenvalue weighted by atomic mass is 10.2. The van der Waals surface area contributed by atoms with Crippen molar-refractivity contribution < 1.29 is 14.6 Å². The van der Waals surface area contributed by atoms with Crippen LogP contribution in [-0.4, -0.2) is 37.4 Å². The molecule has 0 unspecified atom stereocenters. The highest BCUT2D eigenvalue weighted by Gasteiger charge is 2.10. The van der Waals surface area contributed by atoms with Gasteiger partial charge in [-0.05, 0) is 25.0 Å². The van der Waals surface area contributed by atoms with Gasteiger partial charge in [-0.15, -0.1) is 11.3 Å². The minimum atomic E-state index is -0.0506. The van der Waals surface area contributed by atoms with Crippen molar-refractivity contribution in [2.45, 2.75) is 20.3 Å². The fourth-order valence-electron chi connectivity index (χ4n) is 1.47. The van der Waals surface area contributed by atoms with E-state index in [1.165, 1.54) is 10.4 Å². The third-order valence-electron chi connectivity index (χ3n) is 2.33. The van der Waals surface area contributed by atoms with Crippen LogP contribution in [0.15, 0.2) is 6.07 Å². The minimum absolute atomic E-state index is 0.0118. The molecule has 0 atom stereocenters. The van der Waals surface area contributed by atoms with Gasteiger partial charge >= 0.3 is 0 Å². The second-order valence-corrected chi connectivity index (χ2v) is 4.80. The maximum atomic E-state index is 11.8. The van der Waals surface area contributed by atoms with E-state index in [-0.39, 0.29) is 12.5 Å². The summed E-state index contributed by atoms with van der Waals surface area (Å²) in [7, 11) is 0. The van der Waals surface area contributed by atoms with Gasteiger partial charge in [0.05, 0.1) is 24.7 Å². The number of rotatable bonds is 7. The Hall–Kier alpha value is -0.910. The lowest BCUT2D eigenvalue weighted by Gasteiger charge is -2.03. The molecule has 96 valence electrons. The van der Waals surface area contributed by atoms with Gasteiger partial charge in [0.1, 0.15) is 0 Å². The van der Waals surface area contributed by atoms with E-state index in [9.17, 15) is 4.79 Å². The number of carbonyl (C=O) groups is 1. The van der Waals surface area contributed by atoms with E-state index >= 15 is 0 Å². The molecule has 0 fully saturated rings. The Labute approximate surface area is 106 Å². The minimum Gasteiger partial charge on any atom is -0.394 e. The van der Waals surface area contributed by atoms with Crippen LogP contribution in [0, 0.1) is 6.92 Å². The van der Waals surface area contributed by atoms with Crippen molar-refractivity contribution in [2.24, 2.45) is 0 Å². The fourth-order valence-corrected chi connectivity index (χ4v) is 2.50. The maximum Gasteiger partial charge on any atom is 0.261 e. The van der Waals surface area contributed by atoms with Crippen molar-refractivity contribution in [1.82, 2.24) is 5.32 Å². The number of hydrogen-bond acceptors (Lipinski definition) is 4. The summed E-state index contributed by atoms with van der Waals surface area (Å²) >= 11 is 1.54. The van der Waals surface area contributed by atoms with Gasteiger partial charge in [0.2, 0.25) is 0 Å². The predicted molar refractivity (Wildman–Crippen MR) is 68.7 cm³/mol. The third-order valence-corrected chi connectivity index (χ3v) is 3.71. The Morgan fingerprint density at radius 3 is 2.88 bits per heavy atom. The van der Waals surface area contributed by atoms with Gasteiger partial charge in [0.25, 0.3) is 5.91 Å². The lowest BCUT2D eigenvalue weighted by molar-refractivity contribution is 0.0840. The molecule has 0 aliphatic rings. The van der Waals surface area contributed by atoms with Crippen LogP contribution in [0.5, 0.6) is 0 Å². The van der Waals surface area contributed by atoms with Gasteiger partial charge in [0.15, 0.2) is 0 Å². The molecule has 2 N–H and O–H groups in total. The normalized spacial score (nSPS) is 10.5. The molecule has 1 amide bonds. The molecule has 0 radical (unpaired) electrons. The van der Waals surface area contributed by atoms with Crippen molar-refractivity contribution in [1.29, 1.82) is 0 Å². The molecule has 0 aliphatic heterocycles. The first-order valence-electron chi connectivity index (χ1n) is 5.75. The first kappa shape index (κ1) is 14.2. The van der Waals surface area contributed by atoms with E-state index in [4.69, 9.17) is 9.84 Å². The number of hydrogen-bond donors (Lipinski definition) is 2. The molecule has 0 aromatic carbocycles. The SMILES string of the molecule is CCc1sc(C(=O)NCCOCCO)cc1C. The Morgan fingerprint density at radius 1 is 1.53 bits per heavy atom. The van der Waals surface area contributed by atoms with Crippen molar-refractivity contribution in [3.8, 4) is 0 Å². The average molecular weight is 257 g/mol. The average Bonchev–Trinajstić information content (AvgIpc) is 2.70. The second-order valence-electron chi connectivity index (χ2n) is 3.66. The second kappa shape index (κ2) is 7.42. The van der Waals surface area contributed by atoms with Gasteiger partial charge < -0.3 is 15.2 Å². The van der Waals surface area contributed by atoms with Crippen molar-refractivity contribution in [2.75, 3.05) is 26.4 Å². The van der Waals surface area contributed by atoms with Crippen LogP contribution in [0.25, 0.3) is 0 Å². The number of ether oxygens (including phenoxy) is 1. The predicted octanol–water partition coefficient (Wildman–Crippen LogP) is 1.36. The zero-order chi connectivity index (χ0) is 12.7. The number of aliphatic hydroxyl groups is 1. The third kappa shape index (κ3) is 4.46. The molecule has 0 bridgehead atoms. The molecule has 0 saturated heterocycles. The quantitative estimate of drug-likeness (QED) is 0.725. The molecule has 5 heteroatoms. The number of amides is 1. The molecule has 0 spiro atoms. The van der Waals surface area contributed by atoms with E-state index in [2.05, 4.69) is 12.2 Å². The maximum absolute atomic E-state index is 11.8. The summed E-state index contributed by atoms with van der Waals surface area (Å²) < 4.78 is 5.06. The highest BCUT2D eigenvalue weighted by Crippen LogP contribution is 2.21. The zero-order valence-electron chi connectivity index (χ0n) is 10.3. The van der Waals surface area contributed by atoms with Crippen molar-refractivity contribution in [3.63, 3.8) is 0 Å². The highest BCUT2D eigenvalue weighted by molar-refractivity contribution is 7.14. The van der Waals surface area contributed by atoms with Crippen molar-refractivity contribution in [3.05, 3.63) is 21.4 Å². The number of aliphatic hydroxyl groups excluding tert-OH is 1. The first-order chi connectivity index (χ1) is 8.19. The van der Waals surface area contributed by atoms with E-state index < -0.39 is 0 Å². The van der Waals surface area contributed by atoms with E-state index in [0.717, 1.165) is 11.3 Å². The van der Waals surface area contributed by atoms with Crippen LogP contribution in [0.1, 0.15) is 27.0 Å². The van der Waals surface area contributed by atoms with Crippen LogP contribution in [0.2, 0.25) is 0 Å². The fraction of sp³-hybridized carbons (Fsp3) is 0.583. The summed E-state index contributed by atoms with van der Waals surface area (Å²) in [6.07, 6.45) is 0.962. The summed E-state index contributed by atoms with van der Waals surface area (Å²) in [5.74, 6) is -0.0506. The molecular formula is C12H19NO3S. The number of thiophene rings is 1. The van der Waals surface area contributed by atoms with E-state index in [1.54, 1.807) is 11.3 Å². The van der Waals surface area contributed by atoms with Gasteiger partial charge in [-0.1, -0.05) is 6.92 Å². The van der Waals surface area contributed by atoms with Gasteiger partial charge in [-0.2, -0.15) is 0 Å². The summed E-state index contributed by atoms with van der Waals surface area (Å²) in [5.41, 5.74) is 1.18. The number of nitrogens with one attached hydrogen (secondary N) is 1. The molecule has 17 heavy (non-hydrogen) atoms. The van der Waals surface area contributed by atoms with Gasteiger partial charge in [0, 0.05) is 11.4 Å². The Kier molecular flexibility index (Phi) is 6.18. The molecule has 0 aliphatic carbocycles. The Morgan fingerprint density at radius 2 is 2.29 bits per heavy atom. The van der Waals surface area contributed by atoms with Crippen LogP contribution >= 0.6 is 11.3 Å². The highest BCUT2D eigenvalue weighted by atomic mass is 32.1. The summed E-state index contributed by atoms with van der Waals surface area (Å²) in [6.45, 7) is 5.33. The molecule has 0 saturated carbocycles. The van der Waals surface area contributed by atoms with Crippen LogP contribution in [-0.2, 0) is 11.2 Å². The Balaban J connectivity index is 2.36. The molecule has 4 nitrogen and oxygen atoms in total. The van der Waals surface area contributed by atoms with Crippen LogP contribution < -0.4 is 5.32 Å². The van der Waals surface area contributed by atoms with E-state index in [1.807, 2.05) is 13.0 Å². The Bertz CT molecular complexity index is 363. The first-order valence-corrected chi connectivity index (χ1v) is 6.56. The van der Waals surface area contributed by atoms with Gasteiger partial charge in [-0.3, -0.25) is 4.79 Å². The van der Waals surface area contributed by atoms with Crippen molar-refractivity contribution >= 4 is 17.2 Å². The standard InChI is InChI=1S/C12H19NO3S/c1-3-10-9(2)8-11(17-10)12(15)13-4-6-16-7-5-14/h8,14H,3-7H2,1-2H3,(H,13,15). The van der Waals surface area contributed by atoms with E-state index in [0.29, 0.717) is 19.8 Å². The zero-order valence-corrected chi connectivity index (χ0v) is 11.1. The smallest absolute Gasteiger partial charge is 0.261 e.